The summed E-state index contributed by atoms with van der Waals surface area (Å²) in [6.07, 6.45) is 1.89. The lowest BCUT2D eigenvalue weighted by molar-refractivity contribution is 0.00578. The van der Waals surface area contributed by atoms with Crippen molar-refractivity contribution in [3.8, 4) is 22.4 Å². The number of rotatable bonds is 7. The van der Waals surface area contributed by atoms with Crippen LogP contribution in [0.2, 0.25) is 0 Å². The van der Waals surface area contributed by atoms with Gasteiger partial charge in [-0.05, 0) is 110 Å². The van der Waals surface area contributed by atoms with E-state index in [1.165, 1.54) is 0 Å². The Hall–Kier alpha value is -4.91. The maximum Gasteiger partial charge on any atom is 0.494 e. The zero-order chi connectivity index (χ0) is 31.0. The van der Waals surface area contributed by atoms with Crippen LogP contribution >= 0.6 is 0 Å². The van der Waals surface area contributed by atoms with Gasteiger partial charge < -0.3 is 19.9 Å². The van der Waals surface area contributed by atoms with Crippen LogP contribution in [0.25, 0.3) is 33.2 Å². The van der Waals surface area contributed by atoms with Crippen molar-refractivity contribution in [3.05, 3.63) is 134 Å². The van der Waals surface area contributed by atoms with Gasteiger partial charge in [-0.1, -0.05) is 66.7 Å². The lowest BCUT2D eigenvalue weighted by atomic mass is 9.79. The maximum atomic E-state index is 6.25. The predicted octanol–water partition coefficient (Wildman–Crippen LogP) is 9.36. The topological polar surface area (TPSA) is 55.4 Å². The first kappa shape index (κ1) is 28.8. The van der Waals surface area contributed by atoms with Gasteiger partial charge in [0.2, 0.25) is 0 Å². The van der Waals surface area contributed by atoms with E-state index >= 15 is 0 Å². The Kier molecular flexibility index (Phi) is 7.40. The Morgan fingerprint density at radius 3 is 1.89 bits per heavy atom. The van der Waals surface area contributed by atoms with E-state index in [2.05, 4.69) is 141 Å². The molecule has 2 N–H and O–H groups in total. The lowest BCUT2D eigenvalue weighted by Gasteiger charge is -2.32. The molecule has 0 amide bonds. The number of anilines is 4. The van der Waals surface area contributed by atoms with E-state index in [0.29, 0.717) is 0 Å². The highest BCUT2D eigenvalue weighted by atomic mass is 16.7. The zero-order valence-corrected chi connectivity index (χ0v) is 26.0. The number of pyridine rings is 1. The van der Waals surface area contributed by atoms with Crippen LogP contribution in [-0.2, 0) is 9.31 Å². The van der Waals surface area contributed by atoms with Gasteiger partial charge in [-0.3, -0.25) is 4.98 Å². The van der Waals surface area contributed by atoms with Crippen molar-refractivity contribution >= 4 is 46.1 Å². The summed E-state index contributed by atoms with van der Waals surface area (Å²) in [5.41, 5.74) is 8.71. The maximum absolute atomic E-state index is 6.25. The Morgan fingerprint density at radius 1 is 0.533 bits per heavy atom. The number of hydrogen-bond donors (Lipinski definition) is 2. The van der Waals surface area contributed by atoms with Gasteiger partial charge in [0.25, 0.3) is 0 Å². The minimum absolute atomic E-state index is 0.372. The van der Waals surface area contributed by atoms with Gasteiger partial charge >= 0.3 is 7.12 Å². The number of hydrogen-bond acceptors (Lipinski definition) is 5. The van der Waals surface area contributed by atoms with Crippen molar-refractivity contribution in [2.24, 2.45) is 0 Å². The first-order chi connectivity index (χ1) is 21.7. The van der Waals surface area contributed by atoms with Gasteiger partial charge in [-0.2, -0.15) is 0 Å². The molecule has 2 heterocycles. The molecule has 6 aromatic rings. The normalized spacial score (nSPS) is 15.2. The molecule has 1 aliphatic rings. The van der Waals surface area contributed by atoms with E-state index in [4.69, 9.17) is 14.3 Å². The molecule has 0 atom stereocenters. The summed E-state index contributed by atoms with van der Waals surface area (Å²) in [4.78, 5) is 4.77. The highest BCUT2D eigenvalue weighted by Crippen LogP contribution is 2.37. The highest BCUT2D eigenvalue weighted by Gasteiger charge is 2.51. The first-order valence-corrected chi connectivity index (χ1v) is 15.4. The second-order valence-electron chi connectivity index (χ2n) is 12.6. The third-order valence-corrected chi connectivity index (χ3v) is 8.88. The summed E-state index contributed by atoms with van der Waals surface area (Å²) in [6.45, 7) is 8.30. The second kappa shape index (κ2) is 11.5. The summed E-state index contributed by atoms with van der Waals surface area (Å²) < 4.78 is 12.5. The molecule has 1 saturated heterocycles. The minimum Gasteiger partial charge on any atom is -0.399 e. The SMILES string of the molecule is CC1(C)OB(c2cccc(Nc3ccc(-c4ccc5c(-c6cccc(Nc7ccccc7)c6)nccc5c4)cc3)c2)OC1(C)C. The van der Waals surface area contributed by atoms with Gasteiger partial charge in [0.15, 0.2) is 0 Å². The lowest BCUT2D eigenvalue weighted by Crippen LogP contribution is -2.41. The molecule has 0 spiro atoms. The summed E-state index contributed by atoms with van der Waals surface area (Å²) >= 11 is 0. The molecule has 7 rings (SSSR count). The van der Waals surface area contributed by atoms with Crippen LogP contribution < -0.4 is 16.1 Å². The largest absolute Gasteiger partial charge is 0.494 e. The minimum atomic E-state index is -0.391. The van der Waals surface area contributed by atoms with Gasteiger partial charge in [0, 0.05) is 39.9 Å². The Bertz CT molecular complexity index is 1960. The zero-order valence-electron chi connectivity index (χ0n) is 26.0. The molecule has 5 aromatic carbocycles. The molecule has 0 aliphatic carbocycles. The molecular formula is C39H36BN3O2. The Balaban J connectivity index is 1.09. The smallest absolute Gasteiger partial charge is 0.399 e. The fraction of sp³-hybridized carbons (Fsp3) is 0.154. The molecule has 0 unspecified atom stereocenters. The molecule has 0 bridgehead atoms. The fourth-order valence-electron chi connectivity index (χ4n) is 5.67. The van der Waals surface area contributed by atoms with Crippen LogP contribution in [0.5, 0.6) is 0 Å². The fourth-order valence-corrected chi connectivity index (χ4v) is 5.67. The van der Waals surface area contributed by atoms with Crippen molar-refractivity contribution in [3.63, 3.8) is 0 Å². The van der Waals surface area contributed by atoms with E-state index < -0.39 is 7.12 Å². The summed E-state index contributed by atoms with van der Waals surface area (Å²) in [5, 5.41) is 9.30. The number of fused-ring (bicyclic) bond motifs is 1. The monoisotopic (exact) mass is 589 g/mol. The van der Waals surface area contributed by atoms with Crippen LogP contribution in [-0.4, -0.2) is 23.3 Å². The quantitative estimate of drug-likeness (QED) is 0.182. The predicted molar refractivity (Wildman–Crippen MR) is 188 cm³/mol. The Labute approximate surface area is 265 Å². The van der Waals surface area contributed by atoms with Crippen LogP contribution in [0.15, 0.2) is 134 Å². The average Bonchev–Trinajstić information content (AvgIpc) is 3.27. The molecule has 1 aliphatic heterocycles. The van der Waals surface area contributed by atoms with Gasteiger partial charge in [-0.15, -0.1) is 0 Å². The van der Waals surface area contributed by atoms with Gasteiger partial charge in [0.1, 0.15) is 0 Å². The molecular weight excluding hydrogens is 553 g/mol. The second-order valence-corrected chi connectivity index (χ2v) is 12.6. The standard InChI is InChI=1S/C39H36BN3O2/c1-38(2)39(3,4)45-40(44-38)31-11-9-15-35(26-31)43-33-19-16-27(17-20-33)28-18-21-36-29(24-28)22-23-41-37(36)30-10-8-14-34(25-30)42-32-12-6-5-7-13-32/h5-26,42-43H,1-4H3. The summed E-state index contributed by atoms with van der Waals surface area (Å²) in [7, 11) is -0.391. The van der Waals surface area contributed by atoms with E-state index in [1.807, 2.05) is 30.5 Å². The molecule has 1 fully saturated rings. The van der Waals surface area contributed by atoms with Crippen molar-refractivity contribution in [2.45, 2.75) is 38.9 Å². The van der Waals surface area contributed by atoms with E-state index in [1.54, 1.807) is 0 Å². The number of aromatic nitrogens is 1. The number of nitrogens with zero attached hydrogens (tertiary/aromatic N) is 1. The third-order valence-electron chi connectivity index (χ3n) is 8.88. The van der Waals surface area contributed by atoms with E-state index in [9.17, 15) is 0 Å². The van der Waals surface area contributed by atoms with Crippen LogP contribution in [0.4, 0.5) is 22.7 Å². The van der Waals surface area contributed by atoms with Crippen molar-refractivity contribution < 1.29 is 9.31 Å². The van der Waals surface area contributed by atoms with E-state index in [-0.39, 0.29) is 11.2 Å². The highest BCUT2D eigenvalue weighted by molar-refractivity contribution is 6.62. The first-order valence-electron chi connectivity index (χ1n) is 15.4. The molecule has 1 aromatic heterocycles. The molecule has 222 valence electrons. The molecule has 0 saturated carbocycles. The molecule has 5 nitrogen and oxygen atoms in total. The van der Waals surface area contributed by atoms with Crippen molar-refractivity contribution in [1.82, 2.24) is 4.98 Å². The Morgan fingerprint density at radius 2 is 1.16 bits per heavy atom. The molecule has 6 heteroatoms. The average molecular weight is 590 g/mol. The summed E-state index contributed by atoms with van der Waals surface area (Å²) in [6, 6.07) is 44.1. The number of benzene rings is 5. The van der Waals surface area contributed by atoms with Gasteiger partial charge in [-0.25, -0.2) is 0 Å². The third kappa shape index (κ3) is 5.95. The van der Waals surface area contributed by atoms with Crippen molar-refractivity contribution in [1.29, 1.82) is 0 Å². The van der Waals surface area contributed by atoms with Crippen LogP contribution in [0, 0.1) is 0 Å². The molecule has 45 heavy (non-hydrogen) atoms. The van der Waals surface area contributed by atoms with Crippen LogP contribution in [0.3, 0.4) is 0 Å². The number of para-hydroxylation sites is 1. The van der Waals surface area contributed by atoms with Crippen molar-refractivity contribution in [2.75, 3.05) is 10.6 Å². The number of nitrogens with one attached hydrogen (secondary N) is 2. The summed E-state index contributed by atoms with van der Waals surface area (Å²) in [5.74, 6) is 0. The molecule has 0 radical (unpaired) electrons. The van der Waals surface area contributed by atoms with Gasteiger partial charge in [0.05, 0.1) is 16.9 Å². The van der Waals surface area contributed by atoms with Crippen LogP contribution in [0.1, 0.15) is 27.7 Å². The van der Waals surface area contributed by atoms with E-state index in [0.717, 1.165) is 61.4 Å².